The van der Waals surface area contributed by atoms with Gasteiger partial charge in [0, 0.05) is 11.6 Å². The van der Waals surface area contributed by atoms with E-state index in [2.05, 4.69) is 26.0 Å². The number of anilines is 1. The summed E-state index contributed by atoms with van der Waals surface area (Å²) in [6, 6.07) is 14.4. The lowest BCUT2D eigenvalue weighted by atomic mass is 10.1. The molecule has 42 heavy (non-hydrogen) atoms. The molecule has 4 rings (SSSR count). The molecule has 2 amide bonds. The number of carbonyl (C=O) groups is 3. The van der Waals surface area contributed by atoms with E-state index >= 15 is 0 Å². The highest BCUT2D eigenvalue weighted by molar-refractivity contribution is 6.34. The highest BCUT2D eigenvalue weighted by Gasteiger charge is 2.24. The van der Waals surface area contributed by atoms with Gasteiger partial charge in [0.15, 0.2) is 12.1 Å². The molecule has 0 spiro atoms. The molecule has 10 nitrogen and oxygen atoms in total. The number of carbonyl (C=O) groups excluding carboxylic acids is 3. The maximum Gasteiger partial charge on any atom is 0.338 e. The third-order valence-corrected chi connectivity index (χ3v) is 6.22. The first-order valence-corrected chi connectivity index (χ1v) is 13.3. The van der Waals surface area contributed by atoms with E-state index in [9.17, 15) is 18.8 Å². The topological polar surface area (TPSA) is 128 Å². The summed E-state index contributed by atoms with van der Waals surface area (Å²) < 4.78 is 20.2. The third-order valence-electron chi connectivity index (χ3n) is 5.62. The molecular weight excluding hydrogens is 586 g/mol. The van der Waals surface area contributed by atoms with Crippen molar-refractivity contribution in [3.8, 4) is 5.69 Å². The molecule has 0 saturated heterocycles. The van der Waals surface area contributed by atoms with Crippen LogP contribution in [0.4, 0.5) is 10.1 Å². The Morgan fingerprint density at radius 3 is 2.40 bits per heavy atom. The molecule has 1 atom stereocenters. The summed E-state index contributed by atoms with van der Waals surface area (Å²) >= 11 is 12.3. The molecule has 0 fully saturated rings. The lowest BCUT2D eigenvalue weighted by Gasteiger charge is -2.20. The van der Waals surface area contributed by atoms with Gasteiger partial charge in [-0.2, -0.15) is 0 Å². The first-order valence-electron chi connectivity index (χ1n) is 12.5. The zero-order chi connectivity index (χ0) is 30.4. The molecule has 1 aromatic heterocycles. The fourth-order valence-electron chi connectivity index (χ4n) is 3.75. The van der Waals surface area contributed by atoms with Gasteiger partial charge < -0.3 is 15.4 Å². The van der Waals surface area contributed by atoms with Crippen LogP contribution in [0.2, 0.25) is 10.0 Å². The van der Waals surface area contributed by atoms with E-state index in [4.69, 9.17) is 27.9 Å². The Morgan fingerprint density at radius 1 is 1.02 bits per heavy atom. The normalized spacial score (nSPS) is 12.1. The average molecular weight is 611 g/mol. The van der Waals surface area contributed by atoms with Gasteiger partial charge in [0.2, 0.25) is 5.91 Å². The van der Waals surface area contributed by atoms with E-state index in [1.54, 1.807) is 51.1 Å². The number of nitrogens with zero attached hydrogens (tertiary/aromatic N) is 4. The Kier molecular flexibility index (Phi) is 9.34. The number of amides is 2. The van der Waals surface area contributed by atoms with Crippen LogP contribution in [-0.2, 0) is 14.3 Å². The lowest BCUT2D eigenvalue weighted by molar-refractivity contribution is -0.123. The van der Waals surface area contributed by atoms with Crippen LogP contribution in [0.5, 0.6) is 0 Å². The second-order valence-corrected chi connectivity index (χ2v) is 10.7. The smallest absolute Gasteiger partial charge is 0.338 e. The number of benzene rings is 3. The van der Waals surface area contributed by atoms with Crippen molar-refractivity contribution < 1.29 is 23.5 Å². The summed E-state index contributed by atoms with van der Waals surface area (Å²) in [5, 5.41) is 16.5. The van der Waals surface area contributed by atoms with Gasteiger partial charge in [-0.15, -0.1) is 15.0 Å². The minimum atomic E-state index is -1.16. The summed E-state index contributed by atoms with van der Waals surface area (Å²) in [6.07, 6.45) is 3.43. The molecule has 0 radical (unpaired) electrons. The number of ether oxygens (including phenoxy) is 1. The Hall–Kier alpha value is -4.61. The van der Waals surface area contributed by atoms with E-state index in [0.717, 1.165) is 10.9 Å². The van der Waals surface area contributed by atoms with Gasteiger partial charge in [0.25, 0.3) is 5.91 Å². The van der Waals surface area contributed by atoms with Gasteiger partial charge >= 0.3 is 5.97 Å². The Bertz CT molecular complexity index is 1640. The van der Waals surface area contributed by atoms with Crippen LogP contribution < -0.4 is 10.6 Å². The van der Waals surface area contributed by atoms with Crippen molar-refractivity contribution in [1.29, 1.82) is 0 Å². The van der Waals surface area contributed by atoms with Crippen molar-refractivity contribution in [2.45, 2.75) is 32.4 Å². The summed E-state index contributed by atoms with van der Waals surface area (Å²) in [5.41, 5.74) is 0.331. The SMILES string of the molecule is CC(C)(C)OC(=O)c1ccc(NC(=O)C(NC(=O)C=Cc2c(-n3ncnn3)ccc(Cl)c2F)c2ccccc2)c(Cl)c1. The summed E-state index contributed by atoms with van der Waals surface area (Å²) in [6.45, 7) is 5.23. The molecule has 216 valence electrons. The first kappa shape index (κ1) is 30.4. The highest BCUT2D eigenvalue weighted by atomic mass is 35.5. The van der Waals surface area contributed by atoms with E-state index < -0.39 is 35.2 Å². The monoisotopic (exact) mass is 610 g/mol. The van der Waals surface area contributed by atoms with Crippen molar-refractivity contribution in [2.24, 2.45) is 0 Å². The molecule has 0 aliphatic heterocycles. The van der Waals surface area contributed by atoms with E-state index in [1.165, 1.54) is 42.7 Å². The van der Waals surface area contributed by atoms with Crippen molar-refractivity contribution in [2.75, 3.05) is 5.32 Å². The molecule has 1 heterocycles. The highest BCUT2D eigenvalue weighted by Crippen LogP contribution is 2.27. The molecule has 3 aromatic carbocycles. The number of nitrogens with one attached hydrogen (secondary N) is 2. The number of rotatable bonds is 8. The van der Waals surface area contributed by atoms with Crippen molar-refractivity contribution in [3.63, 3.8) is 0 Å². The minimum Gasteiger partial charge on any atom is -0.456 e. The summed E-state index contributed by atoms with van der Waals surface area (Å²) in [4.78, 5) is 39.8. The van der Waals surface area contributed by atoms with E-state index in [1.807, 2.05) is 0 Å². The molecular formula is C29H25Cl2FN6O4. The van der Waals surface area contributed by atoms with Gasteiger partial charge in [0.1, 0.15) is 11.6 Å². The molecule has 13 heteroatoms. The molecule has 2 N–H and O–H groups in total. The number of halogens is 3. The quantitative estimate of drug-likeness (QED) is 0.197. The molecule has 0 saturated carbocycles. The van der Waals surface area contributed by atoms with E-state index in [-0.39, 0.29) is 32.5 Å². The van der Waals surface area contributed by atoms with Crippen molar-refractivity contribution in [1.82, 2.24) is 25.5 Å². The second-order valence-electron chi connectivity index (χ2n) is 9.89. The van der Waals surface area contributed by atoms with Crippen LogP contribution in [-0.4, -0.2) is 43.6 Å². The standard InChI is InChI=1S/C29H25Cl2FN6O4/c1-29(2,3)42-28(41)18-9-12-22(21(31)15-18)35-27(40)26(17-7-5-4-6-8-17)36-24(39)14-10-19-23(38-34-16-33-37-38)13-11-20(30)25(19)32/h4-16,26H,1-3H3,(H,35,40)(H,36,39). The number of aromatic nitrogens is 4. The van der Waals surface area contributed by atoms with Crippen LogP contribution in [0.3, 0.4) is 0 Å². The predicted octanol–water partition coefficient (Wildman–Crippen LogP) is 5.57. The second kappa shape index (κ2) is 12.9. The van der Waals surface area contributed by atoms with Crippen LogP contribution in [0.25, 0.3) is 11.8 Å². The Labute approximate surface area is 250 Å². The van der Waals surface area contributed by atoms with Gasteiger partial charge in [-0.25, -0.2) is 9.18 Å². The van der Waals surface area contributed by atoms with Crippen LogP contribution in [0.1, 0.15) is 48.3 Å². The number of tetrazole rings is 1. The van der Waals surface area contributed by atoms with Crippen molar-refractivity contribution in [3.05, 3.63) is 106 Å². The molecule has 4 aromatic rings. The molecule has 1 unspecified atom stereocenters. The zero-order valence-electron chi connectivity index (χ0n) is 22.6. The zero-order valence-corrected chi connectivity index (χ0v) is 24.2. The molecule has 0 aliphatic carbocycles. The van der Waals surface area contributed by atoms with Crippen molar-refractivity contribution >= 4 is 52.7 Å². The maximum atomic E-state index is 14.9. The number of esters is 1. The average Bonchev–Trinajstić information content (AvgIpc) is 3.48. The van der Waals surface area contributed by atoms with Gasteiger partial charge in [-0.3, -0.25) is 9.59 Å². The van der Waals surface area contributed by atoms with Crippen LogP contribution in [0, 0.1) is 5.82 Å². The van der Waals surface area contributed by atoms with Gasteiger partial charge in [-0.05, 0) is 68.0 Å². The largest absolute Gasteiger partial charge is 0.456 e. The van der Waals surface area contributed by atoms with Gasteiger partial charge in [-0.1, -0.05) is 53.5 Å². The van der Waals surface area contributed by atoms with Crippen LogP contribution in [0.15, 0.2) is 73.1 Å². The van der Waals surface area contributed by atoms with E-state index in [0.29, 0.717) is 5.56 Å². The molecule has 0 aliphatic rings. The predicted molar refractivity (Wildman–Crippen MR) is 156 cm³/mol. The fraction of sp³-hybridized carbons (Fsp3) is 0.172. The van der Waals surface area contributed by atoms with Crippen LogP contribution >= 0.6 is 23.2 Å². The lowest BCUT2D eigenvalue weighted by Crippen LogP contribution is -2.36. The Morgan fingerprint density at radius 2 is 1.76 bits per heavy atom. The number of hydrogen-bond donors (Lipinski definition) is 2. The third kappa shape index (κ3) is 7.56. The summed E-state index contributed by atoms with van der Waals surface area (Å²) in [5.74, 6) is -2.68. The minimum absolute atomic E-state index is 0.0618. The Balaban J connectivity index is 1.55. The summed E-state index contributed by atoms with van der Waals surface area (Å²) in [7, 11) is 0. The number of hydrogen-bond acceptors (Lipinski definition) is 7. The first-order chi connectivity index (χ1) is 19.9. The van der Waals surface area contributed by atoms with Gasteiger partial charge in [0.05, 0.1) is 27.0 Å². The fourth-order valence-corrected chi connectivity index (χ4v) is 4.14. The molecule has 0 bridgehead atoms. The maximum absolute atomic E-state index is 14.9.